The van der Waals surface area contributed by atoms with Gasteiger partial charge in [-0.3, -0.25) is 4.79 Å². The highest BCUT2D eigenvalue weighted by atomic mass is 16.5. The maximum Gasteiger partial charge on any atom is 0.223 e. The van der Waals surface area contributed by atoms with Crippen LogP contribution in [0.2, 0.25) is 0 Å². The Morgan fingerprint density at radius 2 is 1.89 bits per heavy atom. The molecule has 35 heavy (non-hydrogen) atoms. The molecule has 3 aromatic carbocycles. The topological polar surface area (TPSA) is 64.8 Å². The molecule has 0 aromatic heterocycles. The summed E-state index contributed by atoms with van der Waals surface area (Å²) in [6, 6.07) is 18.4. The van der Waals surface area contributed by atoms with Gasteiger partial charge in [-0.1, -0.05) is 42.8 Å². The lowest BCUT2D eigenvalue weighted by Crippen LogP contribution is -2.40. The lowest BCUT2D eigenvalue weighted by Gasteiger charge is -2.39. The number of carbonyl (C=O) groups is 1. The van der Waals surface area contributed by atoms with Gasteiger partial charge in [-0.2, -0.15) is 0 Å². The molecule has 0 bridgehead atoms. The second-order valence-electron chi connectivity index (χ2n) is 9.40. The second-order valence-corrected chi connectivity index (χ2v) is 9.40. The minimum absolute atomic E-state index is 0.138. The standard InChI is InChI=1S/C30H36N2O3/c1-5-7-29(33)32-14-12-23-18-27(34-4)28(35-15-13-22-8-6-9-24(31)17-22)19-26(23)30(32)25-11-10-20(2)16-21(25)3/h6,8-11,16-19,30H,5,7,12-15,31H2,1-4H3. The minimum Gasteiger partial charge on any atom is -0.493 e. The molecule has 0 spiro atoms. The van der Waals surface area contributed by atoms with Crippen LogP contribution in [0.15, 0.2) is 54.6 Å². The van der Waals surface area contributed by atoms with Crippen LogP contribution >= 0.6 is 0 Å². The molecule has 4 rings (SSSR count). The van der Waals surface area contributed by atoms with Crippen LogP contribution in [0.3, 0.4) is 0 Å². The van der Waals surface area contributed by atoms with Gasteiger partial charge in [-0.05, 0) is 78.8 Å². The van der Waals surface area contributed by atoms with E-state index in [0.29, 0.717) is 25.3 Å². The van der Waals surface area contributed by atoms with Crippen molar-refractivity contribution in [2.75, 3.05) is 26.0 Å². The van der Waals surface area contributed by atoms with Gasteiger partial charge in [0.2, 0.25) is 5.91 Å². The third-order valence-electron chi connectivity index (χ3n) is 6.76. The van der Waals surface area contributed by atoms with E-state index in [-0.39, 0.29) is 11.9 Å². The van der Waals surface area contributed by atoms with Crippen molar-refractivity contribution in [3.8, 4) is 11.5 Å². The fraction of sp³-hybridized carbons (Fsp3) is 0.367. The number of carbonyl (C=O) groups excluding carboxylic acids is 1. The van der Waals surface area contributed by atoms with Gasteiger partial charge in [0.15, 0.2) is 11.5 Å². The average Bonchev–Trinajstić information content (AvgIpc) is 2.83. The predicted octanol–water partition coefficient (Wildman–Crippen LogP) is 5.79. The Morgan fingerprint density at radius 1 is 1.06 bits per heavy atom. The summed E-state index contributed by atoms with van der Waals surface area (Å²) < 4.78 is 11.9. The summed E-state index contributed by atoms with van der Waals surface area (Å²) in [5, 5.41) is 0. The number of hydrogen-bond donors (Lipinski definition) is 1. The molecule has 0 fully saturated rings. The van der Waals surface area contributed by atoms with Gasteiger partial charge in [-0.15, -0.1) is 0 Å². The number of hydrogen-bond acceptors (Lipinski definition) is 4. The van der Waals surface area contributed by atoms with Gasteiger partial charge >= 0.3 is 0 Å². The van der Waals surface area contributed by atoms with E-state index in [1.54, 1.807) is 7.11 Å². The first-order chi connectivity index (χ1) is 16.9. The summed E-state index contributed by atoms with van der Waals surface area (Å²) in [4.78, 5) is 15.2. The number of nitrogens with two attached hydrogens (primary N) is 1. The summed E-state index contributed by atoms with van der Waals surface area (Å²) in [6.07, 6.45) is 2.93. The summed E-state index contributed by atoms with van der Waals surface area (Å²) in [7, 11) is 1.67. The number of fused-ring (bicyclic) bond motifs is 1. The minimum atomic E-state index is -0.138. The molecule has 1 atom stereocenters. The van der Waals surface area contributed by atoms with Crippen molar-refractivity contribution in [1.82, 2.24) is 4.90 Å². The first kappa shape index (κ1) is 24.6. The fourth-order valence-electron chi connectivity index (χ4n) is 5.02. The lowest BCUT2D eigenvalue weighted by atomic mass is 9.85. The first-order valence-corrected chi connectivity index (χ1v) is 12.5. The van der Waals surface area contributed by atoms with E-state index in [1.165, 1.54) is 16.7 Å². The molecule has 5 heteroatoms. The largest absolute Gasteiger partial charge is 0.493 e. The quantitative estimate of drug-likeness (QED) is 0.422. The van der Waals surface area contributed by atoms with Crippen LogP contribution in [0.25, 0.3) is 0 Å². The van der Waals surface area contributed by atoms with Crippen LogP contribution in [0.5, 0.6) is 11.5 Å². The van der Waals surface area contributed by atoms with E-state index < -0.39 is 0 Å². The highest BCUT2D eigenvalue weighted by molar-refractivity contribution is 5.78. The van der Waals surface area contributed by atoms with E-state index >= 15 is 0 Å². The van der Waals surface area contributed by atoms with Crippen molar-refractivity contribution in [1.29, 1.82) is 0 Å². The SMILES string of the molecule is CCCC(=O)N1CCc2cc(OC)c(OCCc3cccc(N)c3)cc2C1c1ccc(C)cc1C. The van der Waals surface area contributed by atoms with E-state index in [0.717, 1.165) is 47.4 Å². The van der Waals surface area contributed by atoms with Crippen molar-refractivity contribution in [2.45, 2.75) is 52.5 Å². The average molecular weight is 473 g/mol. The smallest absolute Gasteiger partial charge is 0.223 e. The lowest BCUT2D eigenvalue weighted by molar-refractivity contribution is -0.133. The number of aryl methyl sites for hydroxylation is 2. The number of methoxy groups -OCH3 is 1. The van der Waals surface area contributed by atoms with E-state index in [2.05, 4.69) is 57.2 Å². The zero-order valence-corrected chi connectivity index (χ0v) is 21.3. The van der Waals surface area contributed by atoms with Crippen LogP contribution in [-0.2, 0) is 17.6 Å². The molecule has 184 valence electrons. The van der Waals surface area contributed by atoms with E-state index in [4.69, 9.17) is 15.2 Å². The molecule has 0 aliphatic carbocycles. The third kappa shape index (κ3) is 5.45. The maximum absolute atomic E-state index is 13.2. The molecule has 1 heterocycles. The Hall–Kier alpha value is -3.47. The molecule has 1 unspecified atom stereocenters. The molecular weight excluding hydrogens is 436 g/mol. The number of ether oxygens (including phenoxy) is 2. The summed E-state index contributed by atoms with van der Waals surface area (Å²) in [5.74, 6) is 1.63. The van der Waals surface area contributed by atoms with Gasteiger partial charge in [-0.25, -0.2) is 0 Å². The van der Waals surface area contributed by atoms with Crippen molar-refractivity contribution in [3.63, 3.8) is 0 Å². The van der Waals surface area contributed by atoms with Gasteiger partial charge < -0.3 is 20.1 Å². The molecule has 1 aliphatic rings. The molecular formula is C30H36N2O3. The summed E-state index contributed by atoms with van der Waals surface area (Å²) in [6.45, 7) is 7.49. The second kappa shape index (κ2) is 10.9. The van der Waals surface area contributed by atoms with Gasteiger partial charge in [0, 0.05) is 25.1 Å². The van der Waals surface area contributed by atoms with Crippen LogP contribution in [0, 0.1) is 13.8 Å². The monoisotopic (exact) mass is 472 g/mol. The van der Waals surface area contributed by atoms with Gasteiger partial charge in [0.1, 0.15) is 0 Å². The highest BCUT2D eigenvalue weighted by Gasteiger charge is 2.33. The molecule has 0 radical (unpaired) electrons. The van der Waals surface area contributed by atoms with Crippen LogP contribution < -0.4 is 15.2 Å². The van der Waals surface area contributed by atoms with Crippen molar-refractivity contribution in [3.05, 3.63) is 88.0 Å². The molecule has 1 aliphatic heterocycles. The first-order valence-electron chi connectivity index (χ1n) is 12.5. The Kier molecular flexibility index (Phi) is 7.64. The van der Waals surface area contributed by atoms with Crippen LogP contribution in [-0.4, -0.2) is 31.1 Å². The van der Waals surface area contributed by atoms with Crippen molar-refractivity contribution >= 4 is 11.6 Å². The Balaban J connectivity index is 1.70. The number of amides is 1. The van der Waals surface area contributed by atoms with Crippen LogP contribution in [0.1, 0.15) is 59.2 Å². The van der Waals surface area contributed by atoms with Crippen molar-refractivity contribution < 1.29 is 14.3 Å². The predicted molar refractivity (Wildman–Crippen MR) is 141 cm³/mol. The number of nitrogen functional groups attached to an aromatic ring is 1. The Bertz CT molecular complexity index is 1200. The van der Waals surface area contributed by atoms with E-state index in [9.17, 15) is 4.79 Å². The molecule has 1 amide bonds. The maximum atomic E-state index is 13.2. The van der Waals surface area contributed by atoms with Gasteiger partial charge in [0.05, 0.1) is 19.8 Å². The van der Waals surface area contributed by atoms with Gasteiger partial charge in [0.25, 0.3) is 0 Å². The number of rotatable bonds is 8. The zero-order valence-electron chi connectivity index (χ0n) is 21.3. The summed E-state index contributed by atoms with van der Waals surface area (Å²) in [5.41, 5.74) is 13.7. The third-order valence-corrected chi connectivity index (χ3v) is 6.76. The Morgan fingerprint density at radius 3 is 2.60 bits per heavy atom. The van der Waals surface area contributed by atoms with Crippen LogP contribution in [0.4, 0.5) is 5.69 Å². The molecule has 5 nitrogen and oxygen atoms in total. The fourth-order valence-corrected chi connectivity index (χ4v) is 5.02. The zero-order chi connectivity index (χ0) is 24.9. The van der Waals surface area contributed by atoms with E-state index in [1.807, 2.05) is 23.1 Å². The molecule has 0 saturated heterocycles. The Labute approximate surface area is 208 Å². The number of benzene rings is 3. The normalized spacial score (nSPS) is 15.0. The number of nitrogens with zero attached hydrogens (tertiary/aromatic N) is 1. The van der Waals surface area contributed by atoms with Crippen molar-refractivity contribution in [2.24, 2.45) is 0 Å². The molecule has 0 saturated carbocycles. The highest BCUT2D eigenvalue weighted by Crippen LogP contribution is 2.42. The molecule has 2 N–H and O–H groups in total. The molecule has 3 aromatic rings. The number of anilines is 1. The summed E-state index contributed by atoms with van der Waals surface area (Å²) >= 11 is 0.